The molecule has 0 aliphatic carbocycles. The van der Waals surface area contributed by atoms with Crippen LogP contribution < -0.4 is 5.73 Å². The molecule has 2 saturated heterocycles. The van der Waals surface area contributed by atoms with Crippen LogP contribution in [0.3, 0.4) is 0 Å². The van der Waals surface area contributed by atoms with E-state index in [2.05, 4.69) is 4.90 Å². The molecule has 2 bridgehead atoms. The van der Waals surface area contributed by atoms with Crippen LogP contribution in [0, 0.1) is 5.82 Å². The van der Waals surface area contributed by atoms with E-state index in [4.69, 9.17) is 17.3 Å². The zero-order chi connectivity index (χ0) is 12.7. The van der Waals surface area contributed by atoms with Gasteiger partial charge in [-0.05, 0) is 43.4 Å². The lowest BCUT2D eigenvalue weighted by Crippen LogP contribution is -2.46. The highest BCUT2D eigenvalue weighted by molar-refractivity contribution is 6.30. The van der Waals surface area contributed by atoms with Gasteiger partial charge in [0.15, 0.2) is 0 Å². The van der Waals surface area contributed by atoms with Gasteiger partial charge in [0, 0.05) is 24.7 Å². The number of halogens is 2. The Morgan fingerprint density at radius 3 is 2.56 bits per heavy atom. The fourth-order valence-electron chi connectivity index (χ4n) is 3.42. The van der Waals surface area contributed by atoms with Crippen LogP contribution >= 0.6 is 11.6 Å². The van der Waals surface area contributed by atoms with Gasteiger partial charge in [0.2, 0.25) is 0 Å². The second-order valence-electron chi connectivity index (χ2n) is 5.54. The van der Waals surface area contributed by atoms with Gasteiger partial charge in [-0.15, -0.1) is 0 Å². The van der Waals surface area contributed by atoms with E-state index in [1.54, 1.807) is 12.1 Å². The van der Waals surface area contributed by atoms with Gasteiger partial charge in [0.05, 0.1) is 5.02 Å². The summed E-state index contributed by atoms with van der Waals surface area (Å²) in [6.07, 6.45) is 4.61. The number of nitrogens with zero attached hydrogens (tertiary/aromatic N) is 1. The first-order valence-corrected chi connectivity index (χ1v) is 6.96. The van der Waals surface area contributed by atoms with Gasteiger partial charge in [-0.25, -0.2) is 4.39 Å². The van der Waals surface area contributed by atoms with Gasteiger partial charge in [-0.3, -0.25) is 4.90 Å². The highest BCUT2D eigenvalue weighted by atomic mass is 35.5. The van der Waals surface area contributed by atoms with Crippen LogP contribution in [0.2, 0.25) is 5.02 Å². The van der Waals surface area contributed by atoms with Gasteiger partial charge >= 0.3 is 0 Å². The van der Waals surface area contributed by atoms with Crippen molar-refractivity contribution < 1.29 is 4.39 Å². The van der Waals surface area contributed by atoms with Crippen molar-refractivity contribution in [3.8, 4) is 0 Å². The molecule has 2 fully saturated rings. The molecule has 2 atom stereocenters. The van der Waals surface area contributed by atoms with Crippen LogP contribution in [0.15, 0.2) is 18.2 Å². The maximum Gasteiger partial charge on any atom is 0.142 e. The van der Waals surface area contributed by atoms with Gasteiger partial charge in [0.1, 0.15) is 5.82 Å². The van der Waals surface area contributed by atoms with Crippen LogP contribution in [0.4, 0.5) is 4.39 Å². The zero-order valence-electron chi connectivity index (χ0n) is 10.3. The first-order chi connectivity index (χ1) is 8.63. The summed E-state index contributed by atoms with van der Waals surface area (Å²) in [6, 6.07) is 6.62. The third kappa shape index (κ3) is 2.27. The topological polar surface area (TPSA) is 29.3 Å². The van der Waals surface area contributed by atoms with E-state index >= 15 is 0 Å². The van der Waals surface area contributed by atoms with E-state index in [0.29, 0.717) is 18.1 Å². The molecule has 3 rings (SSSR count). The molecule has 98 valence electrons. The monoisotopic (exact) mass is 268 g/mol. The number of hydrogen-bond acceptors (Lipinski definition) is 2. The number of hydrogen-bond donors (Lipinski definition) is 1. The summed E-state index contributed by atoms with van der Waals surface area (Å²) in [4.78, 5) is 2.49. The summed E-state index contributed by atoms with van der Waals surface area (Å²) in [5.74, 6) is -0.324. The maximum atomic E-state index is 13.4. The lowest BCUT2D eigenvalue weighted by atomic mass is 9.97. The second-order valence-corrected chi connectivity index (χ2v) is 5.94. The van der Waals surface area contributed by atoms with Crippen LogP contribution in [0.1, 0.15) is 31.2 Å². The summed E-state index contributed by atoms with van der Waals surface area (Å²) < 4.78 is 13.4. The van der Waals surface area contributed by atoms with Gasteiger partial charge in [-0.2, -0.15) is 0 Å². The third-order valence-electron chi connectivity index (χ3n) is 4.27. The number of rotatable bonds is 2. The van der Waals surface area contributed by atoms with E-state index < -0.39 is 0 Å². The van der Waals surface area contributed by atoms with Crippen molar-refractivity contribution >= 4 is 11.6 Å². The SMILES string of the molecule is NC1CC2CCC(C1)N2Cc1ccc(Cl)c(F)c1. The second kappa shape index (κ2) is 4.80. The van der Waals surface area contributed by atoms with Crippen LogP contribution in [-0.4, -0.2) is 23.0 Å². The predicted octanol–water partition coefficient (Wildman–Crippen LogP) is 2.93. The molecule has 0 aromatic heterocycles. The van der Waals surface area contributed by atoms with Gasteiger partial charge in [0.25, 0.3) is 0 Å². The Balaban J connectivity index is 1.75. The Bertz CT molecular complexity index is 437. The summed E-state index contributed by atoms with van der Waals surface area (Å²) in [5, 5.41) is 0.197. The highest BCUT2D eigenvalue weighted by Crippen LogP contribution is 2.36. The molecule has 18 heavy (non-hydrogen) atoms. The van der Waals surface area contributed by atoms with Crippen molar-refractivity contribution in [1.82, 2.24) is 4.90 Å². The number of nitrogens with two attached hydrogens (primary N) is 1. The summed E-state index contributed by atoms with van der Waals surface area (Å²) >= 11 is 5.71. The van der Waals surface area contributed by atoms with E-state index in [-0.39, 0.29) is 10.8 Å². The number of fused-ring (bicyclic) bond motifs is 2. The molecule has 2 unspecified atom stereocenters. The first kappa shape index (κ1) is 12.4. The highest BCUT2D eigenvalue weighted by Gasteiger charge is 2.39. The Morgan fingerprint density at radius 1 is 1.28 bits per heavy atom. The Labute approximate surface area is 112 Å². The van der Waals surface area contributed by atoms with E-state index in [1.165, 1.54) is 12.8 Å². The molecule has 0 radical (unpaired) electrons. The largest absolute Gasteiger partial charge is 0.328 e. The van der Waals surface area contributed by atoms with Crippen LogP contribution in [0.25, 0.3) is 0 Å². The fraction of sp³-hybridized carbons (Fsp3) is 0.571. The van der Waals surface area contributed by atoms with Crippen LogP contribution in [0.5, 0.6) is 0 Å². The summed E-state index contributed by atoms with van der Waals surface area (Å²) in [6.45, 7) is 0.816. The average molecular weight is 269 g/mol. The Kier molecular flexibility index (Phi) is 3.31. The van der Waals surface area contributed by atoms with Crippen molar-refractivity contribution in [1.29, 1.82) is 0 Å². The molecule has 2 N–H and O–H groups in total. The molecule has 2 nitrogen and oxygen atoms in total. The molecular weight excluding hydrogens is 251 g/mol. The van der Waals surface area contributed by atoms with E-state index in [0.717, 1.165) is 24.9 Å². The van der Waals surface area contributed by atoms with E-state index in [1.807, 2.05) is 6.07 Å². The molecule has 0 amide bonds. The molecule has 4 heteroatoms. The quantitative estimate of drug-likeness (QED) is 0.894. The smallest absolute Gasteiger partial charge is 0.142 e. The molecule has 2 aliphatic heterocycles. The Hall–Kier alpha value is -0.640. The maximum absolute atomic E-state index is 13.4. The summed E-state index contributed by atoms with van der Waals surface area (Å²) in [7, 11) is 0. The van der Waals surface area contributed by atoms with Crippen molar-refractivity contribution in [2.24, 2.45) is 5.73 Å². The molecule has 2 heterocycles. The minimum Gasteiger partial charge on any atom is -0.328 e. The summed E-state index contributed by atoms with van der Waals surface area (Å²) in [5.41, 5.74) is 7.05. The lowest BCUT2D eigenvalue weighted by Gasteiger charge is -2.37. The Morgan fingerprint density at radius 2 is 1.94 bits per heavy atom. The molecule has 1 aromatic rings. The molecule has 0 saturated carbocycles. The fourth-order valence-corrected chi connectivity index (χ4v) is 3.54. The molecule has 0 spiro atoms. The normalized spacial score (nSPS) is 31.8. The van der Waals surface area contributed by atoms with E-state index in [9.17, 15) is 4.39 Å². The average Bonchev–Trinajstić information content (AvgIpc) is 2.58. The third-order valence-corrected chi connectivity index (χ3v) is 4.58. The van der Waals surface area contributed by atoms with Crippen molar-refractivity contribution in [2.75, 3.05) is 0 Å². The number of piperidine rings is 1. The molecule has 2 aliphatic rings. The minimum absolute atomic E-state index is 0.197. The first-order valence-electron chi connectivity index (χ1n) is 6.59. The standard InChI is InChI=1S/C14H18ClFN2/c15-13-4-1-9(5-14(13)16)8-18-11-2-3-12(18)7-10(17)6-11/h1,4-5,10-12H,2-3,6-8,17H2. The zero-order valence-corrected chi connectivity index (χ0v) is 11.0. The van der Waals surface area contributed by atoms with Crippen molar-refractivity contribution in [3.05, 3.63) is 34.6 Å². The minimum atomic E-state index is -0.324. The number of benzene rings is 1. The van der Waals surface area contributed by atoms with Gasteiger partial charge < -0.3 is 5.73 Å². The van der Waals surface area contributed by atoms with Gasteiger partial charge in [-0.1, -0.05) is 17.7 Å². The molecular formula is C14H18ClFN2. The molecule has 1 aromatic carbocycles. The predicted molar refractivity (Wildman–Crippen MR) is 71.0 cm³/mol. The van der Waals surface area contributed by atoms with Crippen molar-refractivity contribution in [2.45, 2.75) is 50.4 Å². The van der Waals surface area contributed by atoms with Crippen LogP contribution in [-0.2, 0) is 6.54 Å². The lowest BCUT2D eigenvalue weighted by molar-refractivity contribution is 0.120. The van der Waals surface area contributed by atoms with Crippen molar-refractivity contribution in [3.63, 3.8) is 0 Å².